The van der Waals surface area contributed by atoms with Crippen LogP contribution >= 0.6 is 0 Å². The van der Waals surface area contributed by atoms with E-state index in [-0.39, 0.29) is 23.0 Å². The van der Waals surface area contributed by atoms with Crippen LogP contribution in [0.2, 0.25) is 0 Å². The Morgan fingerprint density at radius 2 is 2.10 bits per heavy atom. The summed E-state index contributed by atoms with van der Waals surface area (Å²) in [5.41, 5.74) is 9.03. The molecule has 1 aliphatic rings. The zero-order valence-corrected chi connectivity index (χ0v) is 10.8. The molecule has 0 saturated carbocycles. The number of rotatable bonds is 4. The highest BCUT2D eigenvalue weighted by Crippen LogP contribution is 2.23. The van der Waals surface area contributed by atoms with E-state index in [9.17, 15) is 10.4 Å². The summed E-state index contributed by atoms with van der Waals surface area (Å²) < 4.78 is 10.1. The Morgan fingerprint density at radius 1 is 1.40 bits per heavy atom. The zero-order valence-electron chi connectivity index (χ0n) is 10.8. The highest BCUT2D eigenvalue weighted by atomic mass is 16.8. The van der Waals surface area contributed by atoms with Gasteiger partial charge in [-0.15, -0.1) is 5.10 Å². The number of hydrogen-bond donors (Lipinski definition) is 4. The highest BCUT2D eigenvalue weighted by molar-refractivity contribution is 6.09. The van der Waals surface area contributed by atoms with Crippen LogP contribution in [-0.2, 0) is 9.47 Å². The van der Waals surface area contributed by atoms with Gasteiger partial charge in [0.1, 0.15) is 5.57 Å². The minimum absolute atomic E-state index is 0.117. The van der Waals surface area contributed by atoms with Gasteiger partial charge in [-0.05, 0) is 6.08 Å². The van der Waals surface area contributed by atoms with Crippen molar-refractivity contribution in [2.24, 2.45) is 10.8 Å². The van der Waals surface area contributed by atoms with Crippen LogP contribution in [0.5, 0.6) is 0 Å². The molecule has 5 N–H and O–H groups in total. The lowest BCUT2D eigenvalue weighted by atomic mass is 10.0. The van der Waals surface area contributed by atoms with Gasteiger partial charge in [-0.3, -0.25) is 10.6 Å². The Balaban J connectivity index is 3.20. The minimum atomic E-state index is -0.577. The number of nitrogens with two attached hydrogens (primary N) is 1. The Hall–Kier alpha value is -2.88. The molecule has 0 heterocycles. The van der Waals surface area contributed by atoms with Crippen LogP contribution < -0.4 is 16.6 Å². The largest absolute Gasteiger partial charge is 0.612 e. The molecule has 0 unspecified atom stereocenters. The lowest BCUT2D eigenvalue weighted by molar-refractivity contribution is -0.377. The van der Waals surface area contributed by atoms with E-state index in [1.807, 2.05) is 0 Å². The molecule has 0 spiro atoms. The molecule has 0 aromatic heterocycles. The maximum absolute atomic E-state index is 11.0. The van der Waals surface area contributed by atoms with E-state index in [0.29, 0.717) is 5.76 Å². The van der Waals surface area contributed by atoms with E-state index in [1.54, 1.807) is 5.48 Å². The summed E-state index contributed by atoms with van der Waals surface area (Å²) >= 11 is 0. The van der Waals surface area contributed by atoms with Crippen molar-refractivity contribution in [2.75, 3.05) is 14.2 Å². The summed E-state index contributed by atoms with van der Waals surface area (Å²) in [6.45, 7) is 0. The van der Waals surface area contributed by atoms with E-state index >= 15 is 0 Å². The van der Waals surface area contributed by atoms with Gasteiger partial charge in [0.2, 0.25) is 11.7 Å². The number of methoxy groups -OCH3 is 2. The SMILES string of the molecule is COC1=C(OC)/C(=C/N/N=C(/N)NO)C(=[N+]([O-])[O-])C=C1. The molecular weight excluding hydrogens is 270 g/mol. The van der Waals surface area contributed by atoms with Crippen LogP contribution in [0, 0.1) is 10.4 Å². The molecule has 0 fully saturated rings. The van der Waals surface area contributed by atoms with Crippen LogP contribution in [0.1, 0.15) is 0 Å². The predicted molar refractivity (Wildman–Crippen MR) is 69.9 cm³/mol. The number of nitrogens with zero attached hydrogens (tertiary/aromatic N) is 2. The second kappa shape index (κ2) is 6.89. The van der Waals surface area contributed by atoms with E-state index < -0.39 is 4.90 Å². The van der Waals surface area contributed by atoms with Gasteiger partial charge in [0.05, 0.1) is 14.2 Å². The standard InChI is InChI=1S/C10H14N5O5/c1-19-8-4-3-7(15(17)18)6(9(8)20-2)5-12-13-10(11)14-16/h3-5,12H,1-2H3,(H4-,11,13,14,16,17,18)/q-1/b6-5+. The average Bonchev–Trinajstić information content (AvgIpc) is 2.45. The van der Waals surface area contributed by atoms with Crippen LogP contribution in [0.3, 0.4) is 0 Å². The van der Waals surface area contributed by atoms with E-state index in [4.69, 9.17) is 20.4 Å². The summed E-state index contributed by atoms with van der Waals surface area (Å²) in [5.74, 6) is 0.175. The first-order chi connectivity index (χ1) is 9.54. The second-order valence-electron chi connectivity index (χ2n) is 3.37. The topological polar surface area (TPSA) is 150 Å². The molecule has 110 valence electrons. The molecule has 10 heteroatoms. The zero-order chi connectivity index (χ0) is 15.1. The molecule has 0 aromatic carbocycles. The summed E-state index contributed by atoms with van der Waals surface area (Å²) in [4.78, 5) is -0.577. The van der Waals surface area contributed by atoms with Crippen molar-refractivity contribution in [1.82, 2.24) is 10.9 Å². The van der Waals surface area contributed by atoms with Crippen LogP contribution in [0.15, 0.2) is 40.5 Å². The molecule has 0 amide bonds. The van der Waals surface area contributed by atoms with Crippen molar-refractivity contribution in [3.05, 3.63) is 45.9 Å². The first-order valence-electron chi connectivity index (χ1n) is 5.26. The van der Waals surface area contributed by atoms with E-state index in [2.05, 4.69) is 10.5 Å². The van der Waals surface area contributed by atoms with E-state index in [1.165, 1.54) is 32.6 Å². The number of guanidine groups is 1. The van der Waals surface area contributed by atoms with Gasteiger partial charge in [-0.2, -0.15) is 4.90 Å². The summed E-state index contributed by atoms with van der Waals surface area (Å²) in [6, 6.07) is 0. The second-order valence-corrected chi connectivity index (χ2v) is 3.37. The smallest absolute Gasteiger partial charge is 0.235 e. The lowest BCUT2D eigenvalue weighted by Gasteiger charge is -2.18. The maximum Gasteiger partial charge on any atom is 0.235 e. The molecule has 1 aliphatic carbocycles. The first-order valence-corrected chi connectivity index (χ1v) is 5.26. The van der Waals surface area contributed by atoms with Gasteiger partial charge >= 0.3 is 0 Å². The fourth-order valence-electron chi connectivity index (χ4n) is 1.43. The monoisotopic (exact) mass is 284 g/mol. The molecule has 20 heavy (non-hydrogen) atoms. The van der Waals surface area contributed by atoms with E-state index in [0.717, 1.165) is 0 Å². The van der Waals surface area contributed by atoms with Crippen molar-refractivity contribution >= 4 is 11.7 Å². The number of allylic oxidation sites excluding steroid dienone is 3. The molecule has 1 rings (SSSR count). The summed E-state index contributed by atoms with van der Waals surface area (Å²) in [7, 11) is 2.76. The third kappa shape index (κ3) is 3.32. The van der Waals surface area contributed by atoms with Gasteiger partial charge in [-0.25, -0.2) is 5.48 Å². The minimum Gasteiger partial charge on any atom is -0.612 e. The highest BCUT2D eigenvalue weighted by Gasteiger charge is 2.25. The first kappa shape index (κ1) is 15.2. The predicted octanol–water partition coefficient (Wildman–Crippen LogP) is -0.808. The molecule has 0 aliphatic heterocycles. The lowest BCUT2D eigenvalue weighted by Crippen LogP contribution is -2.30. The fourth-order valence-corrected chi connectivity index (χ4v) is 1.43. The van der Waals surface area contributed by atoms with Gasteiger partial charge in [-0.1, -0.05) is 0 Å². The molecule has 0 atom stereocenters. The number of hydroxylamine groups is 1. The van der Waals surface area contributed by atoms with Gasteiger partial charge < -0.3 is 25.6 Å². The van der Waals surface area contributed by atoms with Crippen molar-refractivity contribution in [3.63, 3.8) is 0 Å². The number of hydrazone groups is 1. The Morgan fingerprint density at radius 3 is 2.60 bits per heavy atom. The Kier molecular flexibility index (Phi) is 5.23. The van der Waals surface area contributed by atoms with Gasteiger partial charge in [0, 0.05) is 12.3 Å². The quantitative estimate of drug-likeness (QED) is 0.226. The molecule has 0 aromatic rings. The molecule has 0 saturated heterocycles. The normalized spacial score (nSPS) is 17.2. The van der Waals surface area contributed by atoms with Crippen molar-refractivity contribution in [3.8, 4) is 0 Å². The Bertz CT molecular complexity index is 516. The third-order valence-corrected chi connectivity index (χ3v) is 2.27. The molecule has 0 bridgehead atoms. The number of nitrogens with one attached hydrogen (secondary N) is 2. The van der Waals surface area contributed by atoms with Crippen LogP contribution in [0.4, 0.5) is 0 Å². The maximum atomic E-state index is 11.0. The van der Waals surface area contributed by atoms with Crippen LogP contribution in [0.25, 0.3) is 0 Å². The van der Waals surface area contributed by atoms with Crippen LogP contribution in [-0.4, -0.2) is 36.0 Å². The molecule has 10 nitrogen and oxygen atoms in total. The molecule has 0 radical (unpaired) electrons. The number of ether oxygens (including phenoxy) is 2. The third-order valence-electron chi connectivity index (χ3n) is 2.27. The van der Waals surface area contributed by atoms with Crippen molar-refractivity contribution < 1.29 is 19.6 Å². The van der Waals surface area contributed by atoms with Gasteiger partial charge in [0.25, 0.3) is 0 Å². The summed E-state index contributed by atoms with van der Waals surface area (Å²) in [5, 5.41) is 33.9. The van der Waals surface area contributed by atoms with Gasteiger partial charge in [0.15, 0.2) is 11.5 Å². The fraction of sp³-hybridized carbons (Fsp3) is 0.200. The summed E-state index contributed by atoms with van der Waals surface area (Å²) in [6.07, 6.45) is 3.89. The number of hydrogen-bond acceptors (Lipinski definition) is 7. The Labute approximate surface area is 114 Å². The van der Waals surface area contributed by atoms with Crippen molar-refractivity contribution in [2.45, 2.75) is 0 Å². The average molecular weight is 284 g/mol. The molecular formula is C10H14N5O5-. The van der Waals surface area contributed by atoms with Crippen molar-refractivity contribution in [1.29, 1.82) is 0 Å².